The minimum Gasteiger partial charge on any atom is -0.339 e. The highest BCUT2D eigenvalue weighted by Gasteiger charge is 2.25. The summed E-state index contributed by atoms with van der Waals surface area (Å²) >= 11 is 0. The lowest BCUT2D eigenvalue weighted by molar-refractivity contribution is -0.114. The van der Waals surface area contributed by atoms with Crippen molar-refractivity contribution in [3.8, 4) is 0 Å². The normalized spacial score (nSPS) is 18.7. The van der Waals surface area contributed by atoms with Crippen LogP contribution in [0.5, 0.6) is 0 Å². The first-order chi connectivity index (χ1) is 10.6. The maximum atomic E-state index is 11.0. The first-order valence-corrected chi connectivity index (χ1v) is 7.50. The number of carbonyl (C=O) groups excluding carboxylic acids is 1. The fraction of sp³-hybridized carbons (Fsp3) is 0.571. The van der Waals surface area contributed by atoms with Crippen molar-refractivity contribution < 1.29 is 9.32 Å². The van der Waals surface area contributed by atoms with E-state index in [4.69, 9.17) is 4.52 Å². The van der Waals surface area contributed by atoms with Crippen LogP contribution in [0.25, 0.3) is 0 Å². The summed E-state index contributed by atoms with van der Waals surface area (Å²) in [6.45, 7) is 6.02. The van der Waals surface area contributed by atoms with Crippen molar-refractivity contribution in [2.45, 2.75) is 39.3 Å². The maximum absolute atomic E-state index is 11.0. The van der Waals surface area contributed by atoms with Gasteiger partial charge in [-0.05, 0) is 6.42 Å². The number of likely N-dealkylation sites (tertiary alicyclic amines) is 1. The Bertz CT molecular complexity index is 649. The quantitative estimate of drug-likeness (QED) is 0.894. The summed E-state index contributed by atoms with van der Waals surface area (Å²) < 4.78 is 7.05. The van der Waals surface area contributed by atoms with Gasteiger partial charge in [0.2, 0.25) is 11.8 Å². The van der Waals surface area contributed by atoms with E-state index in [-0.39, 0.29) is 5.91 Å². The predicted octanol–water partition coefficient (Wildman–Crippen LogP) is 1.23. The first kappa shape index (κ1) is 14.7. The van der Waals surface area contributed by atoms with Gasteiger partial charge in [0.05, 0.1) is 12.6 Å². The zero-order chi connectivity index (χ0) is 15.5. The number of carbonyl (C=O) groups is 1. The monoisotopic (exact) mass is 304 g/mol. The van der Waals surface area contributed by atoms with Crippen LogP contribution in [0.2, 0.25) is 0 Å². The summed E-state index contributed by atoms with van der Waals surface area (Å²) in [7, 11) is 0. The van der Waals surface area contributed by atoms with Gasteiger partial charge >= 0.3 is 0 Å². The number of hydrogen-bond donors (Lipinski definition) is 1. The second kappa shape index (κ2) is 6.27. The van der Waals surface area contributed by atoms with E-state index in [0.29, 0.717) is 24.3 Å². The molecular weight excluding hydrogens is 284 g/mol. The lowest BCUT2D eigenvalue weighted by atomic mass is 10.3. The standard InChI is InChI=1S/C14H20N6O2/c1-3-14-16-13(18-22-14)9-19-6-4-11(8-19)20-7-5-12(17-20)15-10(2)21/h5,7,11H,3-4,6,8-9H2,1-2H3,(H,15,17,21)/t11-/m0/s1. The smallest absolute Gasteiger partial charge is 0.226 e. The first-order valence-electron chi connectivity index (χ1n) is 7.50. The Hall–Kier alpha value is -2.22. The highest BCUT2D eigenvalue weighted by Crippen LogP contribution is 2.23. The minimum absolute atomic E-state index is 0.109. The van der Waals surface area contributed by atoms with E-state index in [1.165, 1.54) is 6.92 Å². The number of amides is 1. The van der Waals surface area contributed by atoms with Crippen molar-refractivity contribution in [1.29, 1.82) is 0 Å². The summed E-state index contributed by atoms with van der Waals surface area (Å²) in [5.74, 6) is 1.90. The molecule has 0 unspecified atom stereocenters. The highest BCUT2D eigenvalue weighted by atomic mass is 16.5. The van der Waals surface area contributed by atoms with E-state index in [1.807, 2.05) is 23.9 Å². The minimum atomic E-state index is -0.109. The van der Waals surface area contributed by atoms with Gasteiger partial charge in [0.1, 0.15) is 0 Å². The van der Waals surface area contributed by atoms with Gasteiger partial charge in [-0.25, -0.2) is 0 Å². The Kier molecular flexibility index (Phi) is 4.19. The van der Waals surface area contributed by atoms with Gasteiger partial charge in [0.25, 0.3) is 0 Å². The predicted molar refractivity (Wildman–Crippen MR) is 79.1 cm³/mol. The number of nitrogens with one attached hydrogen (secondary N) is 1. The molecule has 3 heterocycles. The summed E-state index contributed by atoms with van der Waals surface area (Å²) in [5.41, 5.74) is 0. The number of rotatable bonds is 5. The summed E-state index contributed by atoms with van der Waals surface area (Å²) in [6, 6.07) is 2.12. The molecule has 1 N–H and O–H groups in total. The van der Waals surface area contributed by atoms with Gasteiger partial charge in [-0.2, -0.15) is 10.1 Å². The Labute approximate surface area is 128 Å². The highest BCUT2D eigenvalue weighted by molar-refractivity contribution is 5.87. The molecule has 8 heteroatoms. The second-order valence-electron chi connectivity index (χ2n) is 5.50. The van der Waals surface area contributed by atoms with Crippen LogP contribution in [-0.2, 0) is 17.8 Å². The third-order valence-corrected chi connectivity index (χ3v) is 3.71. The molecular formula is C14H20N6O2. The van der Waals surface area contributed by atoms with Crippen LogP contribution < -0.4 is 5.32 Å². The van der Waals surface area contributed by atoms with E-state index in [1.54, 1.807) is 0 Å². The molecule has 3 rings (SSSR count). The molecule has 0 saturated carbocycles. The van der Waals surface area contributed by atoms with Crippen LogP contribution in [0, 0.1) is 0 Å². The van der Waals surface area contributed by atoms with Gasteiger partial charge in [-0.3, -0.25) is 14.4 Å². The molecule has 1 amide bonds. The van der Waals surface area contributed by atoms with Gasteiger partial charge in [-0.1, -0.05) is 12.1 Å². The summed E-state index contributed by atoms with van der Waals surface area (Å²) in [4.78, 5) is 17.7. The Morgan fingerprint density at radius 2 is 2.41 bits per heavy atom. The molecule has 118 valence electrons. The lowest BCUT2D eigenvalue weighted by Gasteiger charge is -2.13. The molecule has 2 aromatic rings. The summed E-state index contributed by atoms with van der Waals surface area (Å²) in [6.07, 6.45) is 3.68. The van der Waals surface area contributed by atoms with Gasteiger partial charge in [-0.15, -0.1) is 0 Å². The molecule has 1 fully saturated rings. The van der Waals surface area contributed by atoms with E-state index < -0.39 is 0 Å². The molecule has 0 radical (unpaired) electrons. The molecule has 2 aromatic heterocycles. The largest absolute Gasteiger partial charge is 0.339 e. The Balaban J connectivity index is 1.57. The molecule has 0 aromatic carbocycles. The van der Waals surface area contributed by atoms with Gasteiger partial charge in [0, 0.05) is 38.7 Å². The average molecular weight is 304 g/mol. The SMILES string of the molecule is CCc1nc(CN2CC[C@H](n3ccc(NC(C)=O)n3)C2)no1. The molecule has 1 atom stereocenters. The number of hydrogen-bond acceptors (Lipinski definition) is 6. The third-order valence-electron chi connectivity index (χ3n) is 3.71. The fourth-order valence-corrected chi connectivity index (χ4v) is 2.66. The van der Waals surface area contributed by atoms with Crippen molar-refractivity contribution >= 4 is 11.7 Å². The van der Waals surface area contributed by atoms with Crippen LogP contribution in [-0.4, -0.2) is 43.8 Å². The topological polar surface area (TPSA) is 89.1 Å². The summed E-state index contributed by atoms with van der Waals surface area (Å²) in [5, 5.41) is 11.1. The number of nitrogens with zero attached hydrogens (tertiary/aromatic N) is 5. The van der Waals surface area contributed by atoms with Crippen molar-refractivity contribution in [3.05, 3.63) is 24.0 Å². The zero-order valence-corrected chi connectivity index (χ0v) is 12.8. The third kappa shape index (κ3) is 3.33. The van der Waals surface area contributed by atoms with Crippen LogP contribution in [0.1, 0.15) is 38.0 Å². The number of aryl methyl sites for hydroxylation is 1. The zero-order valence-electron chi connectivity index (χ0n) is 12.8. The van der Waals surface area contributed by atoms with Crippen molar-refractivity contribution in [1.82, 2.24) is 24.8 Å². The van der Waals surface area contributed by atoms with Crippen LogP contribution in [0.3, 0.4) is 0 Å². The van der Waals surface area contributed by atoms with E-state index in [9.17, 15) is 4.79 Å². The van der Waals surface area contributed by atoms with Crippen LogP contribution in [0.4, 0.5) is 5.82 Å². The number of anilines is 1. The maximum Gasteiger partial charge on any atom is 0.226 e. The molecule has 22 heavy (non-hydrogen) atoms. The van der Waals surface area contributed by atoms with Gasteiger partial charge in [0.15, 0.2) is 11.6 Å². The molecule has 8 nitrogen and oxygen atoms in total. The average Bonchev–Trinajstić information content (AvgIpc) is 3.18. The van der Waals surface area contributed by atoms with Crippen LogP contribution in [0.15, 0.2) is 16.8 Å². The Morgan fingerprint density at radius 1 is 1.55 bits per heavy atom. The van der Waals surface area contributed by atoms with E-state index >= 15 is 0 Å². The molecule has 0 aliphatic carbocycles. The molecule has 1 saturated heterocycles. The molecule has 1 aliphatic heterocycles. The fourth-order valence-electron chi connectivity index (χ4n) is 2.66. The second-order valence-corrected chi connectivity index (χ2v) is 5.50. The van der Waals surface area contributed by atoms with E-state index in [2.05, 4.69) is 25.5 Å². The van der Waals surface area contributed by atoms with Crippen molar-refractivity contribution in [2.75, 3.05) is 18.4 Å². The van der Waals surface area contributed by atoms with Gasteiger partial charge < -0.3 is 9.84 Å². The molecule has 1 aliphatic rings. The molecule has 0 spiro atoms. The van der Waals surface area contributed by atoms with Crippen LogP contribution >= 0.6 is 0 Å². The number of aromatic nitrogens is 4. The Morgan fingerprint density at radius 3 is 3.14 bits per heavy atom. The van der Waals surface area contributed by atoms with Crippen molar-refractivity contribution in [2.24, 2.45) is 0 Å². The van der Waals surface area contributed by atoms with Crippen molar-refractivity contribution in [3.63, 3.8) is 0 Å². The molecule has 0 bridgehead atoms. The lowest BCUT2D eigenvalue weighted by Crippen LogP contribution is -2.22. The van der Waals surface area contributed by atoms with E-state index in [0.717, 1.165) is 31.8 Å².